The second kappa shape index (κ2) is 6.39. The van der Waals surface area contributed by atoms with Gasteiger partial charge in [-0.3, -0.25) is 0 Å². The summed E-state index contributed by atoms with van der Waals surface area (Å²) < 4.78 is 24.5. The number of aliphatic hydroxyl groups excluding tert-OH is 1. The molecule has 20 heavy (non-hydrogen) atoms. The van der Waals surface area contributed by atoms with E-state index in [0.717, 1.165) is 5.56 Å². The van der Waals surface area contributed by atoms with E-state index in [9.17, 15) is 9.50 Å². The largest absolute Gasteiger partial charge is 0.496 e. The first-order valence-electron chi connectivity index (χ1n) is 6.34. The number of benzene rings is 2. The van der Waals surface area contributed by atoms with Crippen LogP contribution in [0.5, 0.6) is 11.5 Å². The van der Waals surface area contributed by atoms with Crippen molar-refractivity contribution in [3.8, 4) is 11.5 Å². The highest BCUT2D eigenvalue weighted by Gasteiger charge is 2.09. The van der Waals surface area contributed by atoms with Crippen LogP contribution >= 0.6 is 0 Å². The van der Waals surface area contributed by atoms with Crippen molar-refractivity contribution in [1.29, 1.82) is 0 Å². The second-order valence-corrected chi connectivity index (χ2v) is 4.47. The Morgan fingerprint density at radius 1 is 1.15 bits per heavy atom. The number of hydrogen-bond acceptors (Lipinski definition) is 3. The zero-order chi connectivity index (χ0) is 14.5. The quantitative estimate of drug-likeness (QED) is 0.908. The fraction of sp³-hybridized carbons (Fsp3) is 0.250. The summed E-state index contributed by atoms with van der Waals surface area (Å²) in [6, 6.07) is 11.9. The molecule has 0 aromatic heterocycles. The minimum absolute atomic E-state index is 0.153. The van der Waals surface area contributed by atoms with Crippen LogP contribution in [0.2, 0.25) is 0 Å². The molecule has 2 aromatic rings. The molecule has 0 saturated carbocycles. The molecule has 0 spiro atoms. The molecule has 1 unspecified atom stereocenters. The lowest BCUT2D eigenvalue weighted by Crippen LogP contribution is -2.01. The molecule has 106 valence electrons. The summed E-state index contributed by atoms with van der Waals surface area (Å²) in [5.74, 6) is 0.368. The number of methoxy groups -OCH3 is 1. The van der Waals surface area contributed by atoms with Crippen molar-refractivity contribution in [1.82, 2.24) is 0 Å². The third-order valence-corrected chi connectivity index (χ3v) is 3.01. The number of ether oxygens (including phenoxy) is 2. The third-order valence-electron chi connectivity index (χ3n) is 3.01. The molecule has 0 radical (unpaired) electrons. The number of hydrogen-bond donors (Lipinski definition) is 1. The van der Waals surface area contributed by atoms with Crippen molar-refractivity contribution in [2.45, 2.75) is 19.6 Å². The first-order chi connectivity index (χ1) is 9.61. The number of aliphatic hydroxyl groups is 1. The van der Waals surface area contributed by atoms with E-state index in [2.05, 4.69) is 0 Å². The third kappa shape index (κ3) is 3.27. The molecule has 0 bridgehead atoms. The van der Waals surface area contributed by atoms with Gasteiger partial charge in [-0.15, -0.1) is 0 Å². The fourth-order valence-electron chi connectivity index (χ4n) is 1.87. The zero-order valence-electron chi connectivity index (χ0n) is 11.5. The van der Waals surface area contributed by atoms with E-state index in [0.29, 0.717) is 11.3 Å². The number of halogens is 1. The van der Waals surface area contributed by atoms with Crippen LogP contribution in [0.3, 0.4) is 0 Å². The molecule has 1 N–H and O–H groups in total. The summed E-state index contributed by atoms with van der Waals surface area (Å²) in [5.41, 5.74) is 1.36. The van der Waals surface area contributed by atoms with Gasteiger partial charge in [0.15, 0.2) is 11.6 Å². The minimum Gasteiger partial charge on any atom is -0.496 e. The van der Waals surface area contributed by atoms with Gasteiger partial charge in [0, 0.05) is 5.56 Å². The summed E-state index contributed by atoms with van der Waals surface area (Å²) in [6.07, 6.45) is -0.701. The topological polar surface area (TPSA) is 38.7 Å². The molecule has 0 fully saturated rings. The van der Waals surface area contributed by atoms with Crippen LogP contribution in [0.4, 0.5) is 4.39 Å². The molecule has 2 aromatic carbocycles. The van der Waals surface area contributed by atoms with Crippen LogP contribution < -0.4 is 9.47 Å². The predicted molar refractivity (Wildman–Crippen MR) is 74.4 cm³/mol. The van der Waals surface area contributed by atoms with Crippen LogP contribution in [-0.2, 0) is 6.61 Å². The van der Waals surface area contributed by atoms with Gasteiger partial charge in [0.25, 0.3) is 0 Å². The monoisotopic (exact) mass is 276 g/mol. The highest BCUT2D eigenvalue weighted by molar-refractivity contribution is 5.34. The Kier molecular flexibility index (Phi) is 4.58. The molecule has 0 aliphatic rings. The van der Waals surface area contributed by atoms with Crippen molar-refractivity contribution >= 4 is 0 Å². The van der Waals surface area contributed by atoms with Crippen LogP contribution in [0.15, 0.2) is 42.5 Å². The first kappa shape index (κ1) is 14.3. The highest BCUT2D eigenvalue weighted by Crippen LogP contribution is 2.24. The van der Waals surface area contributed by atoms with Gasteiger partial charge < -0.3 is 14.6 Å². The van der Waals surface area contributed by atoms with Gasteiger partial charge >= 0.3 is 0 Å². The lowest BCUT2D eigenvalue weighted by molar-refractivity contribution is 0.198. The standard InChI is InChI=1S/C16H17FO3/c1-11(18)12-7-8-16(14(17)9-12)20-10-13-5-3-4-6-15(13)19-2/h3-9,11,18H,10H2,1-2H3. The SMILES string of the molecule is COc1ccccc1COc1ccc(C(C)O)cc1F. The first-order valence-corrected chi connectivity index (χ1v) is 6.34. The van der Waals surface area contributed by atoms with Gasteiger partial charge in [0.2, 0.25) is 0 Å². The predicted octanol–water partition coefficient (Wildman–Crippen LogP) is 3.47. The molecule has 0 heterocycles. The summed E-state index contributed by atoms with van der Waals surface area (Å²) in [5, 5.41) is 9.39. The van der Waals surface area contributed by atoms with Crippen molar-refractivity contribution in [2.75, 3.05) is 7.11 Å². The summed E-state index contributed by atoms with van der Waals surface area (Å²) in [7, 11) is 1.58. The van der Waals surface area contributed by atoms with Crippen LogP contribution in [-0.4, -0.2) is 12.2 Å². The maximum atomic E-state index is 13.8. The minimum atomic E-state index is -0.701. The molecule has 0 aliphatic carbocycles. The Morgan fingerprint density at radius 3 is 2.55 bits per heavy atom. The van der Waals surface area contributed by atoms with E-state index in [-0.39, 0.29) is 12.4 Å². The van der Waals surface area contributed by atoms with E-state index in [1.54, 1.807) is 20.1 Å². The highest BCUT2D eigenvalue weighted by atomic mass is 19.1. The van der Waals surface area contributed by atoms with Gasteiger partial charge in [-0.25, -0.2) is 4.39 Å². The van der Waals surface area contributed by atoms with Crippen molar-refractivity contribution in [3.63, 3.8) is 0 Å². The Bertz CT molecular complexity index is 582. The van der Waals surface area contributed by atoms with Gasteiger partial charge in [-0.2, -0.15) is 0 Å². The second-order valence-electron chi connectivity index (χ2n) is 4.47. The van der Waals surface area contributed by atoms with Gasteiger partial charge in [-0.05, 0) is 30.7 Å². The van der Waals surface area contributed by atoms with Gasteiger partial charge in [0.1, 0.15) is 12.4 Å². The Balaban J connectivity index is 2.11. The van der Waals surface area contributed by atoms with E-state index in [1.807, 2.05) is 24.3 Å². The summed E-state index contributed by atoms with van der Waals surface area (Å²) in [6.45, 7) is 1.80. The average molecular weight is 276 g/mol. The van der Waals surface area contributed by atoms with Crippen molar-refractivity contribution < 1.29 is 19.0 Å². The smallest absolute Gasteiger partial charge is 0.165 e. The van der Waals surface area contributed by atoms with E-state index < -0.39 is 11.9 Å². The molecule has 2 rings (SSSR count). The van der Waals surface area contributed by atoms with E-state index in [1.165, 1.54) is 12.1 Å². The van der Waals surface area contributed by atoms with Crippen molar-refractivity contribution in [3.05, 3.63) is 59.4 Å². The molecular formula is C16H17FO3. The number of rotatable bonds is 5. The Hall–Kier alpha value is -2.07. The molecule has 0 aliphatic heterocycles. The average Bonchev–Trinajstić information content (AvgIpc) is 2.46. The van der Waals surface area contributed by atoms with Gasteiger partial charge in [0.05, 0.1) is 13.2 Å². The maximum Gasteiger partial charge on any atom is 0.165 e. The maximum absolute atomic E-state index is 13.8. The normalized spacial score (nSPS) is 12.0. The molecule has 0 amide bonds. The lowest BCUT2D eigenvalue weighted by atomic mass is 10.1. The Morgan fingerprint density at radius 2 is 1.90 bits per heavy atom. The molecule has 4 heteroatoms. The number of para-hydroxylation sites is 1. The molecule has 0 saturated heterocycles. The summed E-state index contributed by atoms with van der Waals surface area (Å²) >= 11 is 0. The fourth-order valence-corrected chi connectivity index (χ4v) is 1.87. The zero-order valence-corrected chi connectivity index (χ0v) is 11.5. The summed E-state index contributed by atoms with van der Waals surface area (Å²) in [4.78, 5) is 0. The van der Waals surface area contributed by atoms with Crippen LogP contribution in [0.25, 0.3) is 0 Å². The van der Waals surface area contributed by atoms with Crippen molar-refractivity contribution in [2.24, 2.45) is 0 Å². The van der Waals surface area contributed by atoms with E-state index in [4.69, 9.17) is 9.47 Å². The Labute approximate surface area is 117 Å². The van der Waals surface area contributed by atoms with Crippen LogP contribution in [0, 0.1) is 5.82 Å². The molecular weight excluding hydrogens is 259 g/mol. The van der Waals surface area contributed by atoms with E-state index >= 15 is 0 Å². The molecule has 1 atom stereocenters. The van der Waals surface area contributed by atoms with Gasteiger partial charge in [-0.1, -0.05) is 24.3 Å². The van der Waals surface area contributed by atoms with Crippen LogP contribution in [0.1, 0.15) is 24.2 Å². The lowest BCUT2D eigenvalue weighted by Gasteiger charge is -2.12. The molecule has 3 nitrogen and oxygen atoms in total.